The number of unbranched alkanes of at least 4 members (excludes halogenated alkanes) is 1. The number of carboxylic acid groups (broad SMARTS) is 2. The molecule has 0 saturated heterocycles. The summed E-state index contributed by atoms with van der Waals surface area (Å²) in [6, 6.07) is -2.25. The fourth-order valence-electron chi connectivity index (χ4n) is 1.21. The Bertz CT molecular complexity index is 357. The van der Waals surface area contributed by atoms with Crippen LogP contribution < -0.4 is 16.4 Å². The van der Waals surface area contributed by atoms with Gasteiger partial charge in [0.05, 0.1) is 6.42 Å². The largest absolute Gasteiger partial charge is 0.481 e. The smallest absolute Gasteiger partial charge is 0.326 e. The van der Waals surface area contributed by atoms with Gasteiger partial charge in [0.15, 0.2) is 0 Å². The monoisotopic (exact) mass is 275 g/mol. The third-order valence-corrected chi connectivity index (χ3v) is 2.12. The van der Waals surface area contributed by atoms with Crippen molar-refractivity contribution in [3.63, 3.8) is 0 Å². The standard InChI is InChI=1S/C10H17N3O6/c11-7(14)3-1-2-4-12-10(19)13-6(9(17)18)5-8(15)16/h6H,1-5H2,(H2,11,14)(H,15,16)(H,17,18)(H2,12,13,19)/t6-/m1/s1. The molecule has 0 aromatic carbocycles. The molecule has 3 amide bonds. The minimum Gasteiger partial charge on any atom is -0.481 e. The fourth-order valence-corrected chi connectivity index (χ4v) is 1.21. The van der Waals surface area contributed by atoms with Gasteiger partial charge >= 0.3 is 18.0 Å². The molecule has 9 heteroatoms. The zero-order valence-corrected chi connectivity index (χ0v) is 10.2. The number of carboxylic acids is 2. The Hall–Kier alpha value is -2.32. The Kier molecular flexibility index (Phi) is 7.66. The van der Waals surface area contributed by atoms with Crippen LogP contribution in [0.25, 0.3) is 0 Å². The summed E-state index contributed by atoms with van der Waals surface area (Å²) in [7, 11) is 0. The van der Waals surface area contributed by atoms with Crippen molar-refractivity contribution in [3.05, 3.63) is 0 Å². The average molecular weight is 275 g/mol. The predicted molar refractivity (Wildman–Crippen MR) is 63.3 cm³/mol. The van der Waals surface area contributed by atoms with Gasteiger partial charge < -0.3 is 26.6 Å². The second-order valence-corrected chi connectivity index (χ2v) is 3.81. The number of nitrogens with two attached hydrogens (primary N) is 1. The minimum absolute atomic E-state index is 0.208. The summed E-state index contributed by atoms with van der Waals surface area (Å²) in [5.74, 6) is -3.18. The van der Waals surface area contributed by atoms with Gasteiger partial charge in [0.2, 0.25) is 5.91 Å². The van der Waals surface area contributed by atoms with Gasteiger partial charge in [-0.05, 0) is 12.8 Å². The molecule has 1 atom stereocenters. The molecule has 108 valence electrons. The third-order valence-electron chi connectivity index (χ3n) is 2.12. The van der Waals surface area contributed by atoms with Crippen LogP contribution in [-0.4, -0.2) is 46.7 Å². The molecule has 0 bridgehead atoms. The summed E-state index contributed by atoms with van der Waals surface area (Å²) in [5.41, 5.74) is 4.92. The maximum absolute atomic E-state index is 11.3. The van der Waals surface area contributed by atoms with E-state index in [0.29, 0.717) is 12.8 Å². The zero-order valence-electron chi connectivity index (χ0n) is 10.2. The average Bonchev–Trinajstić information content (AvgIpc) is 2.26. The molecule has 0 aromatic rings. The van der Waals surface area contributed by atoms with E-state index in [0.717, 1.165) is 0 Å². The summed E-state index contributed by atoms with van der Waals surface area (Å²) >= 11 is 0. The summed E-state index contributed by atoms with van der Waals surface area (Å²) < 4.78 is 0. The third kappa shape index (κ3) is 9.39. The Morgan fingerprint density at radius 3 is 2.21 bits per heavy atom. The maximum atomic E-state index is 11.3. The van der Waals surface area contributed by atoms with Gasteiger partial charge in [-0.3, -0.25) is 9.59 Å². The first kappa shape index (κ1) is 16.7. The quantitative estimate of drug-likeness (QED) is 0.335. The molecule has 0 fully saturated rings. The van der Waals surface area contributed by atoms with Crippen molar-refractivity contribution < 1.29 is 29.4 Å². The molecule has 0 aliphatic heterocycles. The molecule has 0 rings (SSSR count). The second kappa shape index (κ2) is 8.72. The lowest BCUT2D eigenvalue weighted by atomic mass is 10.2. The van der Waals surface area contributed by atoms with Crippen molar-refractivity contribution in [2.24, 2.45) is 5.73 Å². The number of aliphatic carboxylic acids is 2. The Labute approximate surface area is 109 Å². The fraction of sp³-hybridized carbons (Fsp3) is 0.600. The van der Waals surface area contributed by atoms with Gasteiger partial charge in [-0.15, -0.1) is 0 Å². The number of nitrogens with one attached hydrogen (secondary N) is 2. The minimum atomic E-state index is -1.48. The lowest BCUT2D eigenvalue weighted by Crippen LogP contribution is -2.47. The topological polar surface area (TPSA) is 159 Å². The van der Waals surface area contributed by atoms with Crippen LogP contribution in [0.1, 0.15) is 25.7 Å². The van der Waals surface area contributed by atoms with E-state index in [9.17, 15) is 19.2 Å². The molecule has 0 radical (unpaired) electrons. The number of carbonyl (C=O) groups excluding carboxylic acids is 2. The molecule has 0 saturated carbocycles. The number of primary amides is 1. The molecule has 0 unspecified atom stereocenters. The van der Waals surface area contributed by atoms with E-state index in [4.69, 9.17) is 15.9 Å². The van der Waals surface area contributed by atoms with Crippen LogP contribution in [0.5, 0.6) is 0 Å². The lowest BCUT2D eigenvalue weighted by molar-refractivity contribution is -0.145. The molecule has 0 aliphatic carbocycles. The van der Waals surface area contributed by atoms with Crippen molar-refractivity contribution in [1.82, 2.24) is 10.6 Å². The SMILES string of the molecule is NC(=O)CCCCNC(=O)N[C@H](CC(=O)O)C(=O)O. The Balaban J connectivity index is 3.90. The van der Waals surface area contributed by atoms with Gasteiger partial charge in [0.25, 0.3) is 0 Å². The van der Waals surface area contributed by atoms with E-state index in [1.165, 1.54) is 0 Å². The van der Waals surface area contributed by atoms with Crippen molar-refractivity contribution in [2.45, 2.75) is 31.7 Å². The van der Waals surface area contributed by atoms with E-state index in [-0.39, 0.29) is 13.0 Å². The van der Waals surface area contributed by atoms with Crippen LogP contribution in [0.2, 0.25) is 0 Å². The van der Waals surface area contributed by atoms with Crippen LogP contribution in [0.15, 0.2) is 0 Å². The number of urea groups is 1. The maximum Gasteiger partial charge on any atom is 0.326 e. The molecule has 0 heterocycles. The molecular weight excluding hydrogens is 258 g/mol. The van der Waals surface area contributed by atoms with Crippen LogP contribution in [0.4, 0.5) is 4.79 Å². The number of rotatable bonds is 9. The van der Waals surface area contributed by atoms with Gasteiger partial charge in [0, 0.05) is 13.0 Å². The van der Waals surface area contributed by atoms with Gasteiger partial charge in [0.1, 0.15) is 6.04 Å². The summed E-state index contributed by atoms with van der Waals surface area (Å²) in [6.45, 7) is 0.235. The molecule has 6 N–H and O–H groups in total. The van der Waals surface area contributed by atoms with E-state index in [2.05, 4.69) is 5.32 Å². The van der Waals surface area contributed by atoms with Gasteiger partial charge in [-0.1, -0.05) is 0 Å². The van der Waals surface area contributed by atoms with Crippen molar-refractivity contribution >= 4 is 23.9 Å². The Morgan fingerprint density at radius 2 is 1.74 bits per heavy atom. The van der Waals surface area contributed by atoms with Crippen molar-refractivity contribution in [1.29, 1.82) is 0 Å². The normalized spacial score (nSPS) is 11.4. The highest BCUT2D eigenvalue weighted by Crippen LogP contribution is 1.94. The van der Waals surface area contributed by atoms with Gasteiger partial charge in [-0.2, -0.15) is 0 Å². The molecule has 0 aliphatic rings. The molecular formula is C10H17N3O6. The number of carbonyl (C=O) groups is 4. The van der Waals surface area contributed by atoms with E-state index < -0.39 is 36.3 Å². The highest BCUT2D eigenvalue weighted by molar-refractivity contribution is 5.86. The number of hydrogen-bond donors (Lipinski definition) is 5. The first-order valence-corrected chi connectivity index (χ1v) is 5.60. The first-order valence-electron chi connectivity index (χ1n) is 5.60. The first-order chi connectivity index (χ1) is 8.82. The van der Waals surface area contributed by atoms with Crippen LogP contribution in [0.3, 0.4) is 0 Å². The molecule has 9 nitrogen and oxygen atoms in total. The van der Waals surface area contributed by atoms with Gasteiger partial charge in [-0.25, -0.2) is 9.59 Å². The summed E-state index contributed by atoms with van der Waals surface area (Å²) in [5, 5.41) is 21.5. The highest BCUT2D eigenvalue weighted by Gasteiger charge is 2.22. The van der Waals surface area contributed by atoms with E-state index in [1.807, 2.05) is 5.32 Å². The zero-order chi connectivity index (χ0) is 14.8. The van der Waals surface area contributed by atoms with Crippen LogP contribution in [0, 0.1) is 0 Å². The molecule has 19 heavy (non-hydrogen) atoms. The van der Waals surface area contributed by atoms with E-state index >= 15 is 0 Å². The lowest BCUT2D eigenvalue weighted by Gasteiger charge is -2.13. The predicted octanol–water partition coefficient (Wildman–Crippen LogP) is -1.13. The van der Waals surface area contributed by atoms with Crippen molar-refractivity contribution in [2.75, 3.05) is 6.54 Å². The Morgan fingerprint density at radius 1 is 1.11 bits per heavy atom. The highest BCUT2D eigenvalue weighted by atomic mass is 16.4. The summed E-state index contributed by atoms with van der Waals surface area (Å²) in [4.78, 5) is 42.7. The van der Waals surface area contributed by atoms with Crippen molar-refractivity contribution in [3.8, 4) is 0 Å². The molecule has 0 spiro atoms. The van der Waals surface area contributed by atoms with Crippen LogP contribution >= 0.6 is 0 Å². The summed E-state index contributed by atoms with van der Waals surface area (Å²) in [6.07, 6.45) is 0.518. The van der Waals surface area contributed by atoms with Crippen LogP contribution in [-0.2, 0) is 14.4 Å². The second-order valence-electron chi connectivity index (χ2n) is 3.81. The van der Waals surface area contributed by atoms with E-state index in [1.54, 1.807) is 0 Å². The molecule has 0 aromatic heterocycles. The number of amides is 3. The number of hydrogen-bond acceptors (Lipinski definition) is 4.